The van der Waals surface area contributed by atoms with Gasteiger partial charge >= 0.3 is 0 Å². The van der Waals surface area contributed by atoms with Crippen molar-refractivity contribution in [2.24, 2.45) is 0 Å². The number of hydrogen-bond donors (Lipinski definition) is 1. The molecule has 0 aliphatic carbocycles. The van der Waals surface area contributed by atoms with Crippen LogP contribution in [0.2, 0.25) is 5.02 Å². The Morgan fingerprint density at radius 1 is 1.33 bits per heavy atom. The molecule has 1 amide bonds. The molecule has 2 heterocycles. The molecule has 0 aliphatic rings. The minimum atomic E-state index is -0.161. The molecular weight excluding hydrogens is 348 g/mol. The van der Waals surface area contributed by atoms with Crippen LogP contribution in [0.5, 0.6) is 0 Å². The fraction of sp³-hybridized carbons (Fsp3) is 0.125. The first-order valence-corrected chi connectivity index (χ1v) is 8.41. The quantitative estimate of drug-likeness (QED) is 0.696. The Kier molecular flexibility index (Phi) is 5.12. The lowest BCUT2D eigenvalue weighted by molar-refractivity contribution is -0.113. The number of pyridine rings is 1. The van der Waals surface area contributed by atoms with Crippen molar-refractivity contribution in [3.63, 3.8) is 0 Å². The van der Waals surface area contributed by atoms with Crippen LogP contribution in [0.4, 0.5) is 5.69 Å². The number of hydrogen-bond acceptors (Lipinski definition) is 6. The lowest BCUT2D eigenvalue weighted by atomic mass is 10.2. The summed E-state index contributed by atoms with van der Waals surface area (Å²) in [4.78, 5) is 16.0. The third-order valence-corrected chi connectivity index (χ3v) is 4.16. The van der Waals surface area contributed by atoms with Gasteiger partial charge in [0, 0.05) is 23.1 Å². The molecule has 6 nitrogen and oxygen atoms in total. The number of rotatable bonds is 5. The lowest BCUT2D eigenvalue weighted by Gasteiger charge is -2.07. The largest absolute Gasteiger partial charge is 0.411 e. The standard InChI is InChI=1S/C16H13ClN4O2S/c1-10-7-12(17)4-5-13(10)19-14(22)9-24-16-21-20-15(23-16)11-3-2-6-18-8-11/h2-8H,9H2,1H3,(H,19,22). The molecule has 1 aromatic carbocycles. The van der Waals surface area contributed by atoms with Crippen molar-refractivity contribution in [1.82, 2.24) is 15.2 Å². The summed E-state index contributed by atoms with van der Waals surface area (Å²) in [6.45, 7) is 1.88. The number of thioether (sulfide) groups is 1. The Balaban J connectivity index is 1.58. The number of aromatic nitrogens is 3. The first-order chi connectivity index (χ1) is 11.6. The average molecular weight is 361 g/mol. The summed E-state index contributed by atoms with van der Waals surface area (Å²) < 4.78 is 5.51. The smallest absolute Gasteiger partial charge is 0.277 e. The minimum absolute atomic E-state index is 0.161. The number of halogens is 1. The maximum atomic E-state index is 12.0. The highest BCUT2D eigenvalue weighted by atomic mass is 35.5. The highest BCUT2D eigenvalue weighted by Crippen LogP contribution is 2.23. The van der Waals surface area contributed by atoms with Crippen molar-refractivity contribution in [2.75, 3.05) is 11.1 Å². The molecule has 3 rings (SSSR count). The lowest BCUT2D eigenvalue weighted by Crippen LogP contribution is -2.14. The predicted molar refractivity (Wildman–Crippen MR) is 93.1 cm³/mol. The van der Waals surface area contributed by atoms with E-state index in [0.29, 0.717) is 16.1 Å². The van der Waals surface area contributed by atoms with Crippen LogP contribution in [0.15, 0.2) is 52.4 Å². The SMILES string of the molecule is Cc1cc(Cl)ccc1NC(=O)CSc1nnc(-c2cccnc2)o1. The van der Waals surface area contributed by atoms with Crippen molar-refractivity contribution < 1.29 is 9.21 Å². The molecule has 8 heteroatoms. The highest BCUT2D eigenvalue weighted by molar-refractivity contribution is 7.99. The van der Waals surface area contributed by atoms with E-state index in [1.807, 2.05) is 13.0 Å². The Hall–Kier alpha value is -2.38. The van der Waals surface area contributed by atoms with Gasteiger partial charge in [-0.05, 0) is 42.8 Å². The number of carbonyl (C=O) groups is 1. The third-order valence-electron chi connectivity index (χ3n) is 3.10. The van der Waals surface area contributed by atoms with Gasteiger partial charge in [-0.2, -0.15) is 0 Å². The molecule has 1 N–H and O–H groups in total. The van der Waals surface area contributed by atoms with E-state index in [4.69, 9.17) is 16.0 Å². The van der Waals surface area contributed by atoms with Crippen molar-refractivity contribution in [1.29, 1.82) is 0 Å². The molecule has 0 unspecified atom stereocenters. The first-order valence-electron chi connectivity index (χ1n) is 7.04. The molecule has 0 atom stereocenters. The summed E-state index contributed by atoms with van der Waals surface area (Å²) in [5, 5.41) is 11.7. The van der Waals surface area contributed by atoms with Crippen LogP contribution in [0.1, 0.15) is 5.56 Å². The van der Waals surface area contributed by atoms with Gasteiger partial charge in [0.15, 0.2) is 0 Å². The average Bonchev–Trinajstić information content (AvgIpc) is 3.05. The van der Waals surface area contributed by atoms with E-state index in [0.717, 1.165) is 16.8 Å². The normalized spacial score (nSPS) is 10.6. The Morgan fingerprint density at radius 2 is 2.21 bits per heavy atom. The van der Waals surface area contributed by atoms with E-state index in [1.165, 1.54) is 11.8 Å². The Morgan fingerprint density at radius 3 is 2.96 bits per heavy atom. The highest BCUT2D eigenvalue weighted by Gasteiger charge is 2.12. The number of anilines is 1. The van der Waals surface area contributed by atoms with Crippen LogP contribution in [-0.4, -0.2) is 26.8 Å². The fourth-order valence-electron chi connectivity index (χ4n) is 1.95. The second-order valence-corrected chi connectivity index (χ2v) is 6.27. The van der Waals surface area contributed by atoms with Gasteiger partial charge in [-0.15, -0.1) is 10.2 Å². The fourth-order valence-corrected chi connectivity index (χ4v) is 2.74. The molecule has 0 aliphatic heterocycles. The number of nitrogens with one attached hydrogen (secondary N) is 1. The van der Waals surface area contributed by atoms with Gasteiger partial charge in [0.05, 0.1) is 11.3 Å². The second kappa shape index (κ2) is 7.46. The van der Waals surface area contributed by atoms with Crippen LogP contribution in [-0.2, 0) is 4.79 Å². The van der Waals surface area contributed by atoms with Gasteiger partial charge in [-0.1, -0.05) is 23.4 Å². The van der Waals surface area contributed by atoms with Crippen molar-refractivity contribution in [2.45, 2.75) is 12.1 Å². The zero-order valence-corrected chi connectivity index (χ0v) is 14.3. The zero-order valence-electron chi connectivity index (χ0n) is 12.7. The van der Waals surface area contributed by atoms with Crippen LogP contribution >= 0.6 is 23.4 Å². The molecule has 0 saturated carbocycles. The summed E-state index contributed by atoms with van der Waals surface area (Å²) in [5.41, 5.74) is 2.36. The van der Waals surface area contributed by atoms with E-state index in [1.54, 1.807) is 36.7 Å². The first kappa shape index (κ1) is 16.5. The molecule has 0 fully saturated rings. The summed E-state index contributed by atoms with van der Waals surface area (Å²) in [5.74, 6) is 0.377. The zero-order chi connectivity index (χ0) is 16.9. The third kappa shape index (κ3) is 4.12. The summed E-state index contributed by atoms with van der Waals surface area (Å²) in [7, 11) is 0. The topological polar surface area (TPSA) is 80.9 Å². The van der Waals surface area contributed by atoms with Gasteiger partial charge in [0.1, 0.15) is 0 Å². The van der Waals surface area contributed by atoms with Gasteiger partial charge in [-0.25, -0.2) is 0 Å². The van der Waals surface area contributed by atoms with E-state index < -0.39 is 0 Å². The van der Waals surface area contributed by atoms with E-state index in [9.17, 15) is 4.79 Å². The van der Waals surface area contributed by atoms with Gasteiger partial charge < -0.3 is 9.73 Å². The number of carbonyl (C=O) groups excluding carboxylic acids is 1. The predicted octanol–water partition coefficient (Wildman–Crippen LogP) is 3.82. The molecule has 0 bridgehead atoms. The second-order valence-electron chi connectivity index (χ2n) is 4.91. The maximum Gasteiger partial charge on any atom is 0.277 e. The summed E-state index contributed by atoms with van der Waals surface area (Å²) in [6, 6.07) is 8.91. The molecule has 0 saturated heterocycles. The number of aryl methyl sites for hydroxylation is 1. The van der Waals surface area contributed by atoms with Gasteiger partial charge in [0.2, 0.25) is 11.8 Å². The molecule has 24 heavy (non-hydrogen) atoms. The molecule has 2 aromatic heterocycles. The summed E-state index contributed by atoms with van der Waals surface area (Å²) >= 11 is 7.07. The van der Waals surface area contributed by atoms with Crippen LogP contribution in [0.3, 0.4) is 0 Å². The minimum Gasteiger partial charge on any atom is -0.411 e. The van der Waals surface area contributed by atoms with Crippen LogP contribution < -0.4 is 5.32 Å². The number of amides is 1. The molecule has 3 aromatic rings. The maximum absolute atomic E-state index is 12.0. The van der Waals surface area contributed by atoms with Crippen molar-refractivity contribution >= 4 is 35.0 Å². The number of nitrogens with zero attached hydrogens (tertiary/aromatic N) is 3. The number of benzene rings is 1. The van der Waals surface area contributed by atoms with Gasteiger partial charge in [0.25, 0.3) is 5.22 Å². The van der Waals surface area contributed by atoms with Crippen LogP contribution in [0.25, 0.3) is 11.5 Å². The van der Waals surface area contributed by atoms with E-state index in [2.05, 4.69) is 20.5 Å². The molecular formula is C16H13ClN4O2S. The van der Waals surface area contributed by atoms with E-state index in [-0.39, 0.29) is 11.7 Å². The van der Waals surface area contributed by atoms with Crippen LogP contribution in [0, 0.1) is 6.92 Å². The summed E-state index contributed by atoms with van der Waals surface area (Å²) in [6.07, 6.45) is 3.30. The van der Waals surface area contributed by atoms with Gasteiger partial charge in [-0.3, -0.25) is 9.78 Å². The molecule has 0 spiro atoms. The molecule has 122 valence electrons. The van der Waals surface area contributed by atoms with Crippen molar-refractivity contribution in [3.05, 3.63) is 53.3 Å². The molecule has 0 radical (unpaired) electrons. The van der Waals surface area contributed by atoms with E-state index >= 15 is 0 Å². The Labute approximate surface area is 147 Å². The van der Waals surface area contributed by atoms with Crippen molar-refractivity contribution in [3.8, 4) is 11.5 Å². The Bertz CT molecular complexity index is 854. The monoisotopic (exact) mass is 360 g/mol.